The maximum atomic E-state index is 13.0. The third-order valence-corrected chi connectivity index (χ3v) is 2.76. The number of rotatable bonds is 3. The number of halogens is 3. The number of alkyl halides is 3. The summed E-state index contributed by atoms with van der Waals surface area (Å²) in [7, 11) is 0. The van der Waals surface area contributed by atoms with Crippen molar-refractivity contribution in [3.8, 4) is 0 Å². The van der Waals surface area contributed by atoms with Crippen molar-refractivity contribution < 1.29 is 23.1 Å². The van der Waals surface area contributed by atoms with Gasteiger partial charge in [0.05, 0.1) is 0 Å². The molecule has 0 aromatic heterocycles. The Labute approximate surface area is 96.0 Å². The largest absolute Gasteiger partial charge is 0.480 e. The second-order valence-electron chi connectivity index (χ2n) is 3.69. The maximum Gasteiger partial charge on any atom is 0.408 e. The van der Waals surface area contributed by atoms with Crippen molar-refractivity contribution in [1.82, 2.24) is 0 Å². The van der Waals surface area contributed by atoms with E-state index in [9.17, 15) is 18.0 Å². The van der Waals surface area contributed by atoms with Crippen LogP contribution in [0.5, 0.6) is 0 Å². The zero-order chi connectivity index (χ0) is 13.3. The Bertz CT molecular complexity index is 431. The van der Waals surface area contributed by atoms with E-state index in [1.807, 2.05) is 0 Å². The highest BCUT2D eigenvalue weighted by Crippen LogP contribution is 2.44. The molecular weight excluding hydrogens is 235 g/mol. The number of nitrogen functional groups attached to an aromatic ring is 1. The first kappa shape index (κ1) is 13.3. The van der Waals surface area contributed by atoms with Crippen LogP contribution in [0.25, 0.3) is 0 Å². The minimum atomic E-state index is -4.87. The van der Waals surface area contributed by atoms with E-state index >= 15 is 0 Å². The Morgan fingerprint density at radius 2 is 2.00 bits per heavy atom. The summed E-state index contributed by atoms with van der Waals surface area (Å²) in [5.41, 5.74) is 2.25. The van der Waals surface area contributed by atoms with Crippen LogP contribution < -0.4 is 5.73 Å². The van der Waals surface area contributed by atoms with Gasteiger partial charge in [-0.05, 0) is 24.1 Å². The van der Waals surface area contributed by atoms with Crippen LogP contribution >= 0.6 is 0 Å². The van der Waals surface area contributed by atoms with E-state index in [-0.39, 0.29) is 11.3 Å². The van der Waals surface area contributed by atoms with Crippen molar-refractivity contribution in [3.63, 3.8) is 0 Å². The van der Waals surface area contributed by atoms with E-state index in [1.54, 1.807) is 0 Å². The summed E-state index contributed by atoms with van der Waals surface area (Å²) in [5.74, 6) is -1.92. The zero-order valence-corrected chi connectivity index (χ0v) is 9.08. The van der Waals surface area contributed by atoms with Crippen LogP contribution in [0.1, 0.15) is 18.9 Å². The van der Waals surface area contributed by atoms with Crippen LogP contribution in [0, 0.1) is 0 Å². The van der Waals surface area contributed by atoms with Gasteiger partial charge in [-0.1, -0.05) is 19.1 Å². The average molecular weight is 247 g/mol. The second kappa shape index (κ2) is 4.27. The number of nitrogens with two attached hydrogens (primary N) is 1. The van der Waals surface area contributed by atoms with Crippen molar-refractivity contribution in [2.45, 2.75) is 24.9 Å². The van der Waals surface area contributed by atoms with E-state index < -0.39 is 24.0 Å². The third-order valence-electron chi connectivity index (χ3n) is 2.76. The highest BCUT2D eigenvalue weighted by Gasteiger charge is 2.60. The summed E-state index contributed by atoms with van der Waals surface area (Å²) in [6, 6.07) is 4.89. The summed E-state index contributed by atoms with van der Waals surface area (Å²) >= 11 is 0. The first-order valence-corrected chi connectivity index (χ1v) is 4.92. The molecule has 0 fully saturated rings. The smallest absolute Gasteiger partial charge is 0.408 e. The standard InChI is InChI=1S/C11H12F3NO2/c1-2-10(9(16)17,11(12,13)14)7-4-3-5-8(15)6-7/h3-6H,2,15H2,1H3,(H,16,17). The van der Waals surface area contributed by atoms with E-state index in [0.29, 0.717) is 0 Å². The summed E-state index contributed by atoms with van der Waals surface area (Å²) < 4.78 is 39.1. The highest BCUT2D eigenvalue weighted by atomic mass is 19.4. The molecule has 0 aliphatic rings. The Morgan fingerprint density at radius 3 is 2.35 bits per heavy atom. The fourth-order valence-electron chi connectivity index (χ4n) is 1.77. The molecule has 1 rings (SSSR count). The van der Waals surface area contributed by atoms with Gasteiger partial charge in [-0.25, -0.2) is 0 Å². The van der Waals surface area contributed by atoms with Gasteiger partial charge in [0.2, 0.25) is 0 Å². The summed E-state index contributed by atoms with van der Waals surface area (Å²) in [5, 5.41) is 8.94. The molecule has 3 nitrogen and oxygen atoms in total. The molecule has 0 spiro atoms. The van der Waals surface area contributed by atoms with E-state index in [1.165, 1.54) is 19.1 Å². The minimum absolute atomic E-state index is 0.103. The van der Waals surface area contributed by atoms with Gasteiger partial charge in [0.15, 0.2) is 5.41 Å². The quantitative estimate of drug-likeness (QED) is 0.807. The van der Waals surface area contributed by atoms with Gasteiger partial charge in [0.25, 0.3) is 0 Å². The van der Waals surface area contributed by atoms with E-state index in [4.69, 9.17) is 10.8 Å². The fourth-order valence-corrected chi connectivity index (χ4v) is 1.77. The molecular formula is C11H12F3NO2. The lowest BCUT2D eigenvalue weighted by Crippen LogP contribution is -2.48. The van der Waals surface area contributed by atoms with Gasteiger partial charge in [-0.2, -0.15) is 13.2 Å². The van der Waals surface area contributed by atoms with Crippen LogP contribution in [0.15, 0.2) is 24.3 Å². The molecule has 0 bridgehead atoms. The van der Waals surface area contributed by atoms with E-state index in [2.05, 4.69) is 0 Å². The van der Waals surface area contributed by atoms with Gasteiger partial charge < -0.3 is 10.8 Å². The number of carbonyl (C=O) groups is 1. The molecule has 94 valence electrons. The molecule has 6 heteroatoms. The number of aliphatic carboxylic acids is 1. The normalized spacial score (nSPS) is 15.3. The molecule has 17 heavy (non-hydrogen) atoms. The Morgan fingerprint density at radius 1 is 1.41 bits per heavy atom. The van der Waals surface area contributed by atoms with Crippen molar-refractivity contribution in [2.75, 3.05) is 5.73 Å². The van der Waals surface area contributed by atoms with Crippen LogP contribution in [-0.4, -0.2) is 17.3 Å². The van der Waals surface area contributed by atoms with Gasteiger partial charge in [0.1, 0.15) is 0 Å². The van der Waals surface area contributed by atoms with Crippen molar-refractivity contribution in [2.24, 2.45) is 0 Å². The number of hydrogen-bond donors (Lipinski definition) is 2. The van der Waals surface area contributed by atoms with Crippen LogP contribution in [-0.2, 0) is 10.2 Å². The van der Waals surface area contributed by atoms with Crippen molar-refractivity contribution in [1.29, 1.82) is 0 Å². The monoisotopic (exact) mass is 247 g/mol. The van der Waals surface area contributed by atoms with Crippen molar-refractivity contribution >= 4 is 11.7 Å². The average Bonchev–Trinajstić information content (AvgIpc) is 2.16. The second-order valence-corrected chi connectivity index (χ2v) is 3.69. The molecule has 1 unspecified atom stereocenters. The van der Waals surface area contributed by atoms with Gasteiger partial charge >= 0.3 is 12.1 Å². The zero-order valence-electron chi connectivity index (χ0n) is 9.08. The molecule has 1 aromatic carbocycles. The maximum absolute atomic E-state index is 13.0. The fraction of sp³-hybridized carbons (Fsp3) is 0.364. The topological polar surface area (TPSA) is 63.3 Å². The highest BCUT2D eigenvalue weighted by molar-refractivity contribution is 5.83. The number of benzene rings is 1. The molecule has 0 saturated carbocycles. The lowest BCUT2D eigenvalue weighted by Gasteiger charge is -2.31. The molecule has 0 aliphatic heterocycles. The molecule has 1 atom stereocenters. The molecule has 3 N–H and O–H groups in total. The van der Waals surface area contributed by atoms with E-state index in [0.717, 1.165) is 12.1 Å². The Balaban J connectivity index is 3.49. The number of anilines is 1. The lowest BCUT2D eigenvalue weighted by atomic mass is 9.77. The number of carboxylic acids is 1. The summed E-state index contributed by atoms with van der Waals surface area (Å²) in [6.07, 6.45) is -5.46. The minimum Gasteiger partial charge on any atom is -0.480 e. The van der Waals surface area contributed by atoms with Crippen LogP contribution in [0.3, 0.4) is 0 Å². The Hall–Kier alpha value is -1.72. The Kier molecular flexibility index (Phi) is 3.35. The molecule has 0 amide bonds. The molecule has 0 aliphatic carbocycles. The predicted octanol–water partition coefficient (Wildman–Crippen LogP) is 2.56. The van der Waals surface area contributed by atoms with Gasteiger partial charge in [-0.15, -0.1) is 0 Å². The first-order valence-electron chi connectivity index (χ1n) is 4.92. The summed E-state index contributed by atoms with van der Waals surface area (Å²) in [4.78, 5) is 11.1. The lowest BCUT2D eigenvalue weighted by molar-refractivity contribution is -0.206. The summed E-state index contributed by atoms with van der Waals surface area (Å²) in [6.45, 7) is 1.19. The van der Waals surface area contributed by atoms with Gasteiger partial charge in [0, 0.05) is 5.69 Å². The predicted molar refractivity (Wildman–Crippen MR) is 56.5 cm³/mol. The third kappa shape index (κ3) is 2.07. The van der Waals surface area contributed by atoms with Crippen LogP contribution in [0.4, 0.5) is 18.9 Å². The first-order chi connectivity index (χ1) is 7.75. The van der Waals surface area contributed by atoms with Crippen molar-refractivity contribution in [3.05, 3.63) is 29.8 Å². The molecule has 0 radical (unpaired) electrons. The SMILES string of the molecule is CCC(C(=O)O)(c1cccc(N)c1)C(F)(F)F. The molecule has 1 aromatic rings. The number of hydrogen-bond acceptors (Lipinski definition) is 2. The van der Waals surface area contributed by atoms with Gasteiger partial charge in [-0.3, -0.25) is 4.79 Å². The number of carboxylic acid groups (broad SMARTS) is 1. The molecule has 0 heterocycles. The molecule has 0 saturated heterocycles. The van der Waals surface area contributed by atoms with Crippen LogP contribution in [0.2, 0.25) is 0 Å².